The van der Waals surface area contributed by atoms with Crippen LogP contribution < -0.4 is 10.6 Å². The first kappa shape index (κ1) is 22.7. The van der Waals surface area contributed by atoms with Crippen LogP contribution in [0, 0.1) is 17.1 Å². The summed E-state index contributed by atoms with van der Waals surface area (Å²) in [6.07, 6.45) is 5.10. The zero-order valence-electron chi connectivity index (χ0n) is 20.7. The van der Waals surface area contributed by atoms with Gasteiger partial charge >= 0.3 is 0 Å². The molecule has 2 aromatic carbocycles. The summed E-state index contributed by atoms with van der Waals surface area (Å²) in [7, 11) is 0. The first-order chi connectivity index (χ1) is 17.6. The van der Waals surface area contributed by atoms with Crippen molar-refractivity contribution < 1.29 is 10.2 Å². The van der Waals surface area contributed by atoms with Crippen molar-refractivity contribution in [3.8, 4) is 6.07 Å². The maximum atomic E-state index is 14.3. The van der Waals surface area contributed by atoms with Gasteiger partial charge in [-0.15, -0.1) is 5.10 Å². The lowest BCUT2D eigenvalue weighted by atomic mass is 10.0. The highest BCUT2D eigenvalue weighted by Gasteiger charge is 2.27. The zero-order chi connectivity index (χ0) is 26.4. The molecule has 0 aliphatic heterocycles. The minimum atomic E-state index is -1.65. The van der Waals surface area contributed by atoms with Crippen LogP contribution in [0.15, 0.2) is 48.8 Å². The van der Waals surface area contributed by atoms with Crippen LogP contribution in [0.3, 0.4) is 0 Å². The lowest BCUT2D eigenvalue weighted by molar-refractivity contribution is 0.235. The zero-order valence-corrected chi connectivity index (χ0v) is 20.4. The predicted molar refractivity (Wildman–Crippen MR) is 135 cm³/mol. The third-order valence-corrected chi connectivity index (χ3v) is 6.11. The molecule has 1 saturated carbocycles. The molecule has 1 atom stereocenters. The fourth-order valence-electron chi connectivity index (χ4n) is 3.86. The Morgan fingerprint density at radius 2 is 2.06 bits per heavy atom. The Bertz CT molecular complexity index is 1510. The number of nitrogens with one attached hydrogen (secondary N) is 2. The largest absolute Gasteiger partial charge is 0.380 e. The van der Waals surface area contributed by atoms with E-state index in [-0.39, 0.29) is 23.2 Å². The number of pyridine rings is 1. The van der Waals surface area contributed by atoms with Gasteiger partial charge in [-0.2, -0.15) is 5.26 Å². The second kappa shape index (κ2) is 9.36. The highest BCUT2D eigenvalue weighted by molar-refractivity contribution is 6.35. The molecular weight excluding hydrogens is 484 g/mol. The number of rotatable bonds is 8. The van der Waals surface area contributed by atoms with E-state index >= 15 is 0 Å². The molecule has 4 aromatic rings. The summed E-state index contributed by atoms with van der Waals surface area (Å²) in [4.78, 5) is 4.32. The number of alkyl halides is 1. The van der Waals surface area contributed by atoms with Crippen molar-refractivity contribution in [2.24, 2.45) is 0 Å². The number of aromatic nitrogens is 4. The summed E-state index contributed by atoms with van der Waals surface area (Å²) in [5.41, 5.74) is 0.695. The Kier molecular flexibility index (Phi) is 5.89. The minimum absolute atomic E-state index is 0.0434. The third kappa shape index (κ3) is 5.09. The molecule has 1 aliphatic rings. The Hall–Kier alpha value is -3.77. The average Bonchev–Trinajstić information content (AvgIpc) is 3.58. The predicted octanol–water partition coefficient (Wildman–Crippen LogP) is 6.19. The van der Waals surface area contributed by atoms with Crippen molar-refractivity contribution in [1.29, 1.82) is 5.26 Å². The first-order valence-corrected chi connectivity index (χ1v) is 11.9. The van der Waals surface area contributed by atoms with Crippen molar-refractivity contribution in [2.75, 3.05) is 17.2 Å². The van der Waals surface area contributed by atoms with Gasteiger partial charge in [0.1, 0.15) is 23.2 Å². The highest BCUT2D eigenvalue weighted by Crippen LogP contribution is 2.37. The van der Waals surface area contributed by atoms with Gasteiger partial charge in [0.25, 0.3) is 0 Å². The summed E-state index contributed by atoms with van der Waals surface area (Å²) in [5.74, 6) is -0.428. The minimum Gasteiger partial charge on any atom is -0.380 e. The molecule has 184 valence electrons. The van der Waals surface area contributed by atoms with Gasteiger partial charge in [0.2, 0.25) is 0 Å². The van der Waals surface area contributed by atoms with Crippen molar-refractivity contribution in [3.63, 3.8) is 0 Å². The lowest BCUT2D eigenvalue weighted by Crippen LogP contribution is -2.25. The van der Waals surface area contributed by atoms with Crippen LogP contribution in [0.5, 0.6) is 0 Å². The maximum absolute atomic E-state index is 14.3. The summed E-state index contributed by atoms with van der Waals surface area (Å²) in [5, 5.41) is 25.1. The average molecular weight is 509 g/mol. The van der Waals surface area contributed by atoms with Crippen LogP contribution in [0.2, 0.25) is 5.02 Å². The number of nitrogens with zero attached hydrogens (tertiary/aromatic N) is 5. The molecule has 2 N–H and O–H groups in total. The van der Waals surface area contributed by atoms with E-state index in [1.54, 1.807) is 23.0 Å². The van der Waals surface area contributed by atoms with Gasteiger partial charge in [0.15, 0.2) is 0 Å². The Labute approximate surface area is 213 Å². The van der Waals surface area contributed by atoms with E-state index in [4.69, 9.17) is 11.6 Å². The lowest BCUT2D eigenvalue weighted by Gasteiger charge is -2.21. The van der Waals surface area contributed by atoms with Crippen molar-refractivity contribution in [1.82, 2.24) is 20.0 Å². The molecule has 2 aromatic heterocycles. The van der Waals surface area contributed by atoms with Crippen LogP contribution in [0.4, 0.5) is 20.2 Å². The molecule has 0 spiro atoms. The molecule has 0 saturated heterocycles. The van der Waals surface area contributed by atoms with Crippen molar-refractivity contribution >= 4 is 33.9 Å². The summed E-state index contributed by atoms with van der Waals surface area (Å²) >= 11 is 6.59. The molecule has 0 bridgehead atoms. The number of halogens is 3. The van der Waals surface area contributed by atoms with Gasteiger partial charge < -0.3 is 10.6 Å². The second-order valence-corrected chi connectivity index (χ2v) is 9.81. The number of hydrogen-bond donors (Lipinski definition) is 2. The van der Waals surface area contributed by atoms with Gasteiger partial charge in [0, 0.05) is 23.8 Å². The van der Waals surface area contributed by atoms with Gasteiger partial charge in [-0.05, 0) is 56.5 Å². The van der Waals surface area contributed by atoms with Crippen LogP contribution in [0.1, 0.15) is 56.9 Å². The molecule has 1 aliphatic carbocycles. The third-order valence-electron chi connectivity index (χ3n) is 5.82. The SMILES string of the molecule is [2H][C@@](Nc1cc(Cl)c2ncc(C#N)c(NCC(C)(C)F)c2c1)(c1ccc(F)cc1)c1cn(C2CC2)nn1. The van der Waals surface area contributed by atoms with Gasteiger partial charge in [-0.25, -0.2) is 13.5 Å². The van der Waals surface area contributed by atoms with Crippen molar-refractivity contribution in [3.05, 3.63) is 76.5 Å². The van der Waals surface area contributed by atoms with Crippen LogP contribution in [-0.4, -0.2) is 32.2 Å². The Morgan fingerprint density at radius 3 is 2.72 bits per heavy atom. The van der Waals surface area contributed by atoms with E-state index in [2.05, 4.69) is 32.0 Å². The molecule has 1 fully saturated rings. The molecule has 5 rings (SSSR count). The number of benzene rings is 2. The number of hydrogen-bond acceptors (Lipinski definition) is 6. The number of nitriles is 1. The molecule has 2 heterocycles. The van der Waals surface area contributed by atoms with E-state index in [1.807, 2.05) is 0 Å². The highest BCUT2D eigenvalue weighted by atomic mass is 35.5. The fourth-order valence-corrected chi connectivity index (χ4v) is 4.13. The standard InChI is InChI=1S/C26H24ClF2N7/c1-26(2,29)14-32-23-16(11-30)12-31-25-20(23)9-18(10-21(25)27)33-24(15-3-5-17(28)6-4-15)22-13-36(35-34-22)19-7-8-19/h3-6,9-10,12-13,19,24,33H,7-8,14H2,1-2H3,(H,31,32)/t24-/m1/s1/i24D. The first-order valence-electron chi connectivity index (χ1n) is 12.0. The van der Waals surface area contributed by atoms with Crippen LogP contribution in [0.25, 0.3) is 10.9 Å². The number of anilines is 2. The summed E-state index contributed by atoms with van der Waals surface area (Å²) < 4.78 is 39.2. The van der Waals surface area contributed by atoms with E-state index in [1.165, 1.54) is 44.3 Å². The van der Waals surface area contributed by atoms with E-state index in [9.17, 15) is 15.4 Å². The molecule has 10 heteroatoms. The molecule has 0 radical (unpaired) electrons. The Morgan fingerprint density at radius 1 is 1.31 bits per heavy atom. The number of fused-ring (bicyclic) bond motifs is 1. The van der Waals surface area contributed by atoms with Crippen LogP contribution >= 0.6 is 11.6 Å². The quantitative estimate of drug-likeness (QED) is 0.295. The fraction of sp³-hybridized carbons (Fsp3) is 0.308. The van der Waals surface area contributed by atoms with Crippen molar-refractivity contribution in [2.45, 2.75) is 44.4 Å². The molecular formula is C26H24ClF2N7. The summed E-state index contributed by atoms with van der Waals surface area (Å²) in [6, 6.07) is 9.60. The monoisotopic (exact) mass is 508 g/mol. The van der Waals surface area contributed by atoms with Gasteiger partial charge in [0.05, 0.1) is 41.4 Å². The van der Waals surface area contributed by atoms with Gasteiger partial charge in [-0.3, -0.25) is 4.98 Å². The van der Waals surface area contributed by atoms with E-state index < -0.39 is 17.5 Å². The summed E-state index contributed by atoms with van der Waals surface area (Å²) in [6.45, 7) is 2.82. The van der Waals surface area contributed by atoms with E-state index in [0.29, 0.717) is 33.5 Å². The molecule has 0 unspecified atom stereocenters. The molecule has 36 heavy (non-hydrogen) atoms. The topological polar surface area (TPSA) is 91.5 Å². The Balaban J connectivity index is 1.62. The molecule has 7 nitrogen and oxygen atoms in total. The smallest absolute Gasteiger partial charge is 0.123 e. The van der Waals surface area contributed by atoms with E-state index in [0.717, 1.165) is 12.8 Å². The second-order valence-electron chi connectivity index (χ2n) is 9.41. The maximum Gasteiger partial charge on any atom is 0.123 e. The normalized spacial score (nSPS) is 15.7. The van der Waals surface area contributed by atoms with Crippen LogP contribution in [-0.2, 0) is 0 Å². The van der Waals surface area contributed by atoms with Gasteiger partial charge in [-0.1, -0.05) is 28.9 Å². The molecule has 0 amide bonds.